The second-order valence-electron chi connectivity index (χ2n) is 4.21. The standard InChI is InChI=1S/C14H12N4OS/c19-14(17-16-7-11-5-6-20-9-11)8-18-10-15-12-3-1-2-4-13(12)18/h1-7,9-10H,8H2,(H,17,19)/b16-7+. The highest BCUT2D eigenvalue weighted by atomic mass is 32.1. The van der Waals surface area contributed by atoms with Crippen molar-refractivity contribution >= 4 is 34.5 Å². The highest BCUT2D eigenvalue weighted by molar-refractivity contribution is 7.08. The number of aromatic nitrogens is 2. The van der Waals surface area contributed by atoms with Crippen molar-refractivity contribution < 1.29 is 4.79 Å². The van der Waals surface area contributed by atoms with Crippen molar-refractivity contribution in [2.45, 2.75) is 6.54 Å². The third-order valence-corrected chi connectivity index (χ3v) is 3.49. The predicted molar refractivity (Wildman–Crippen MR) is 79.8 cm³/mol. The molecule has 5 nitrogen and oxygen atoms in total. The molecule has 0 atom stereocenters. The van der Waals surface area contributed by atoms with Crippen molar-refractivity contribution in [2.24, 2.45) is 5.10 Å². The minimum atomic E-state index is -0.181. The van der Waals surface area contributed by atoms with Crippen LogP contribution in [0.1, 0.15) is 5.56 Å². The normalized spacial score (nSPS) is 11.2. The molecule has 0 fully saturated rings. The number of imidazole rings is 1. The quantitative estimate of drug-likeness (QED) is 0.590. The Bertz CT molecular complexity index is 745. The summed E-state index contributed by atoms with van der Waals surface area (Å²) >= 11 is 1.59. The van der Waals surface area contributed by atoms with Gasteiger partial charge in [-0.25, -0.2) is 10.4 Å². The summed E-state index contributed by atoms with van der Waals surface area (Å²) in [6, 6.07) is 9.63. The Hall–Kier alpha value is -2.47. The van der Waals surface area contributed by atoms with E-state index < -0.39 is 0 Å². The molecule has 0 aliphatic heterocycles. The van der Waals surface area contributed by atoms with Gasteiger partial charge in [0, 0.05) is 5.56 Å². The van der Waals surface area contributed by atoms with E-state index >= 15 is 0 Å². The number of benzene rings is 1. The molecule has 1 amide bonds. The number of carbonyl (C=O) groups is 1. The molecular formula is C14H12N4OS. The van der Waals surface area contributed by atoms with E-state index in [0.717, 1.165) is 16.6 Å². The lowest BCUT2D eigenvalue weighted by Crippen LogP contribution is -2.22. The van der Waals surface area contributed by atoms with Crippen LogP contribution in [0.5, 0.6) is 0 Å². The number of para-hydroxylation sites is 2. The van der Waals surface area contributed by atoms with Crippen LogP contribution < -0.4 is 5.43 Å². The fourth-order valence-electron chi connectivity index (χ4n) is 1.85. The van der Waals surface area contributed by atoms with Crippen molar-refractivity contribution in [1.82, 2.24) is 15.0 Å². The molecule has 20 heavy (non-hydrogen) atoms. The highest BCUT2D eigenvalue weighted by Gasteiger charge is 2.05. The van der Waals surface area contributed by atoms with Crippen LogP contribution in [0.2, 0.25) is 0 Å². The minimum absolute atomic E-state index is 0.181. The summed E-state index contributed by atoms with van der Waals surface area (Å²) in [7, 11) is 0. The fourth-order valence-corrected chi connectivity index (χ4v) is 2.46. The smallest absolute Gasteiger partial charge is 0.260 e. The van der Waals surface area contributed by atoms with E-state index in [0.29, 0.717) is 0 Å². The second-order valence-corrected chi connectivity index (χ2v) is 4.99. The first kappa shape index (κ1) is 12.6. The molecule has 3 rings (SSSR count). The average molecular weight is 284 g/mol. The van der Waals surface area contributed by atoms with Gasteiger partial charge in [0.05, 0.1) is 23.6 Å². The summed E-state index contributed by atoms with van der Waals surface area (Å²) < 4.78 is 1.80. The van der Waals surface area contributed by atoms with E-state index in [-0.39, 0.29) is 12.5 Å². The first-order chi connectivity index (χ1) is 9.83. The van der Waals surface area contributed by atoms with Crippen molar-refractivity contribution in [3.05, 3.63) is 53.0 Å². The molecule has 0 saturated carbocycles. The van der Waals surface area contributed by atoms with Gasteiger partial charge in [-0.15, -0.1) is 0 Å². The molecule has 0 aliphatic carbocycles. The lowest BCUT2D eigenvalue weighted by molar-refractivity contribution is -0.121. The van der Waals surface area contributed by atoms with Gasteiger partial charge in [-0.3, -0.25) is 4.79 Å². The molecule has 0 radical (unpaired) electrons. The maximum atomic E-state index is 11.8. The summed E-state index contributed by atoms with van der Waals surface area (Å²) in [5, 5.41) is 7.84. The van der Waals surface area contributed by atoms with Crippen LogP contribution in [0.4, 0.5) is 0 Å². The van der Waals surface area contributed by atoms with Crippen LogP contribution in [0.3, 0.4) is 0 Å². The minimum Gasteiger partial charge on any atom is -0.321 e. The molecule has 100 valence electrons. The third-order valence-electron chi connectivity index (χ3n) is 2.79. The van der Waals surface area contributed by atoms with Gasteiger partial charge in [-0.05, 0) is 29.0 Å². The van der Waals surface area contributed by atoms with Gasteiger partial charge in [0.2, 0.25) is 0 Å². The molecule has 6 heteroatoms. The van der Waals surface area contributed by atoms with Crippen LogP contribution in [0.15, 0.2) is 52.5 Å². The number of thiophene rings is 1. The zero-order valence-electron chi connectivity index (χ0n) is 10.6. The lowest BCUT2D eigenvalue weighted by Gasteiger charge is -2.02. The zero-order chi connectivity index (χ0) is 13.8. The molecule has 0 unspecified atom stereocenters. The van der Waals surface area contributed by atoms with Crippen molar-refractivity contribution in [1.29, 1.82) is 0 Å². The number of rotatable bonds is 4. The number of nitrogens with one attached hydrogen (secondary N) is 1. The Kier molecular flexibility index (Phi) is 3.56. The van der Waals surface area contributed by atoms with Crippen LogP contribution in [0, 0.1) is 0 Å². The second kappa shape index (κ2) is 5.66. The number of nitrogens with zero attached hydrogens (tertiary/aromatic N) is 3. The molecule has 1 aromatic carbocycles. The number of fused-ring (bicyclic) bond motifs is 1. The monoisotopic (exact) mass is 284 g/mol. The topological polar surface area (TPSA) is 59.3 Å². The SMILES string of the molecule is O=C(Cn1cnc2ccccc21)N/N=C/c1ccsc1. The van der Waals surface area contributed by atoms with E-state index in [4.69, 9.17) is 0 Å². The zero-order valence-corrected chi connectivity index (χ0v) is 11.4. The molecular weight excluding hydrogens is 272 g/mol. The number of carbonyl (C=O) groups excluding carboxylic acids is 1. The Labute approximate surface area is 119 Å². The Morgan fingerprint density at radius 2 is 2.30 bits per heavy atom. The highest BCUT2D eigenvalue weighted by Crippen LogP contribution is 2.11. The Morgan fingerprint density at radius 3 is 3.15 bits per heavy atom. The Balaban J connectivity index is 1.64. The summed E-state index contributed by atoms with van der Waals surface area (Å²) in [4.78, 5) is 16.1. The van der Waals surface area contributed by atoms with E-state index in [9.17, 15) is 4.79 Å². The molecule has 3 aromatic rings. The molecule has 0 spiro atoms. The maximum Gasteiger partial charge on any atom is 0.260 e. The van der Waals surface area contributed by atoms with Crippen molar-refractivity contribution in [2.75, 3.05) is 0 Å². The third kappa shape index (κ3) is 2.75. The number of hydrogen-bond acceptors (Lipinski definition) is 4. The van der Waals surface area contributed by atoms with E-state index in [1.165, 1.54) is 0 Å². The molecule has 2 aromatic heterocycles. The maximum absolute atomic E-state index is 11.8. The number of hydrazone groups is 1. The molecule has 0 bridgehead atoms. The van der Waals surface area contributed by atoms with Gasteiger partial charge in [0.15, 0.2) is 0 Å². The van der Waals surface area contributed by atoms with Gasteiger partial charge in [0.25, 0.3) is 5.91 Å². The van der Waals surface area contributed by atoms with Crippen molar-refractivity contribution in [3.8, 4) is 0 Å². The number of amides is 1. The summed E-state index contributed by atoms with van der Waals surface area (Å²) in [5.41, 5.74) is 5.30. The van der Waals surface area contributed by atoms with E-state index in [2.05, 4.69) is 15.5 Å². The van der Waals surface area contributed by atoms with Gasteiger partial charge in [-0.1, -0.05) is 12.1 Å². The molecule has 1 N–H and O–H groups in total. The molecule has 0 aliphatic rings. The first-order valence-electron chi connectivity index (χ1n) is 6.07. The summed E-state index contributed by atoms with van der Waals surface area (Å²) in [6.45, 7) is 0.196. The van der Waals surface area contributed by atoms with Gasteiger partial charge >= 0.3 is 0 Å². The Morgan fingerprint density at radius 1 is 1.40 bits per heavy atom. The number of hydrogen-bond donors (Lipinski definition) is 1. The summed E-state index contributed by atoms with van der Waals surface area (Å²) in [6.07, 6.45) is 3.28. The van der Waals surface area contributed by atoms with Gasteiger partial charge < -0.3 is 4.57 Å². The average Bonchev–Trinajstić information content (AvgIpc) is 3.09. The van der Waals surface area contributed by atoms with Crippen LogP contribution in [0.25, 0.3) is 11.0 Å². The lowest BCUT2D eigenvalue weighted by atomic mass is 10.3. The van der Waals surface area contributed by atoms with Crippen molar-refractivity contribution in [3.63, 3.8) is 0 Å². The van der Waals surface area contributed by atoms with E-state index in [1.54, 1.807) is 28.4 Å². The van der Waals surface area contributed by atoms with Crippen LogP contribution >= 0.6 is 11.3 Å². The predicted octanol–water partition coefficient (Wildman–Crippen LogP) is 2.25. The van der Waals surface area contributed by atoms with E-state index in [1.807, 2.05) is 41.1 Å². The largest absolute Gasteiger partial charge is 0.321 e. The van der Waals surface area contributed by atoms with Crippen LogP contribution in [-0.4, -0.2) is 21.7 Å². The molecule has 0 saturated heterocycles. The fraction of sp³-hybridized carbons (Fsp3) is 0.0714. The van der Waals surface area contributed by atoms with Gasteiger partial charge in [-0.2, -0.15) is 16.4 Å². The van der Waals surface area contributed by atoms with Crippen LogP contribution in [-0.2, 0) is 11.3 Å². The molecule has 2 heterocycles. The summed E-state index contributed by atoms with van der Waals surface area (Å²) in [5.74, 6) is -0.181. The first-order valence-corrected chi connectivity index (χ1v) is 7.01. The van der Waals surface area contributed by atoms with Gasteiger partial charge in [0.1, 0.15) is 6.54 Å².